The van der Waals surface area contributed by atoms with Crippen molar-refractivity contribution in [2.45, 2.75) is 13.8 Å². The number of hydrogen-bond donors (Lipinski definition) is 1. The molecule has 0 aliphatic heterocycles. The lowest BCUT2D eigenvalue weighted by molar-refractivity contribution is -0.119. The molecule has 132 valence electrons. The lowest BCUT2D eigenvalue weighted by Gasteiger charge is -2.21. The minimum Gasteiger partial charge on any atom is -0.271 e. The Bertz CT molecular complexity index is 860. The van der Waals surface area contributed by atoms with Gasteiger partial charge in [-0.15, -0.1) is 0 Å². The summed E-state index contributed by atoms with van der Waals surface area (Å²) >= 11 is 0. The highest BCUT2D eigenvalue weighted by Crippen LogP contribution is 2.16. The van der Waals surface area contributed by atoms with Crippen LogP contribution in [0.4, 0.5) is 5.69 Å². The summed E-state index contributed by atoms with van der Waals surface area (Å²) in [5.41, 5.74) is 5.49. The van der Waals surface area contributed by atoms with E-state index in [9.17, 15) is 13.2 Å². The van der Waals surface area contributed by atoms with Crippen LogP contribution in [0.25, 0.3) is 0 Å². The van der Waals surface area contributed by atoms with E-state index in [0.29, 0.717) is 11.4 Å². The van der Waals surface area contributed by atoms with E-state index in [-0.39, 0.29) is 6.54 Å². The summed E-state index contributed by atoms with van der Waals surface area (Å²) in [4.78, 5) is 12.1. The predicted molar refractivity (Wildman–Crippen MR) is 100 cm³/mol. The molecule has 0 bridgehead atoms. The highest BCUT2D eigenvalue weighted by molar-refractivity contribution is 7.92. The molecule has 1 amide bonds. The lowest BCUT2D eigenvalue weighted by atomic mass is 10.1. The fourth-order valence-electron chi connectivity index (χ4n) is 2.17. The molecule has 0 aromatic heterocycles. The smallest absolute Gasteiger partial charge is 0.260 e. The van der Waals surface area contributed by atoms with Crippen LogP contribution in [0.15, 0.2) is 59.7 Å². The van der Waals surface area contributed by atoms with Gasteiger partial charge >= 0.3 is 0 Å². The van der Waals surface area contributed by atoms with Crippen LogP contribution >= 0.6 is 0 Å². The molecule has 2 aromatic rings. The number of hydrazone groups is 1. The van der Waals surface area contributed by atoms with Gasteiger partial charge in [-0.05, 0) is 31.5 Å². The second kappa shape index (κ2) is 7.94. The number of amides is 1. The molecule has 0 aliphatic carbocycles. The minimum atomic E-state index is -3.58. The minimum absolute atomic E-state index is 0.340. The summed E-state index contributed by atoms with van der Waals surface area (Å²) in [7, 11) is -3.58. The van der Waals surface area contributed by atoms with Crippen LogP contribution in [0, 0.1) is 6.92 Å². The Morgan fingerprint density at radius 2 is 1.68 bits per heavy atom. The topological polar surface area (TPSA) is 78.8 Å². The molecule has 6 nitrogen and oxygen atoms in total. The fourth-order valence-corrected chi connectivity index (χ4v) is 3.02. The van der Waals surface area contributed by atoms with E-state index in [1.54, 1.807) is 37.3 Å². The van der Waals surface area contributed by atoms with Crippen LogP contribution in [0.2, 0.25) is 0 Å². The number of nitrogens with one attached hydrogen (secondary N) is 1. The van der Waals surface area contributed by atoms with Crippen molar-refractivity contribution in [3.8, 4) is 0 Å². The number of benzene rings is 2. The highest BCUT2D eigenvalue weighted by atomic mass is 32.2. The van der Waals surface area contributed by atoms with Crippen molar-refractivity contribution >= 4 is 27.3 Å². The number of carbonyl (C=O) groups is 1. The molecular formula is C18H21N3O3S. The zero-order valence-corrected chi connectivity index (χ0v) is 15.2. The van der Waals surface area contributed by atoms with Crippen LogP contribution in [0.5, 0.6) is 0 Å². The molecule has 0 saturated heterocycles. The second-order valence-corrected chi connectivity index (χ2v) is 7.61. The molecule has 0 heterocycles. The molecule has 1 N–H and O–H groups in total. The van der Waals surface area contributed by atoms with E-state index in [1.165, 1.54) is 0 Å². The standard InChI is InChI=1S/C18H21N3O3S/c1-14-9-11-16(12-10-14)15(2)19-20-18(22)13-21(25(3,23)24)17-7-5-4-6-8-17/h4-12H,13H2,1-3H3,(H,20,22)/b19-15-. The first-order chi connectivity index (χ1) is 11.8. The van der Waals surface area contributed by atoms with Gasteiger partial charge in [0.05, 0.1) is 17.7 Å². The van der Waals surface area contributed by atoms with Gasteiger partial charge in [0.1, 0.15) is 6.54 Å². The quantitative estimate of drug-likeness (QED) is 0.635. The summed E-state index contributed by atoms with van der Waals surface area (Å²) < 4.78 is 25.0. The van der Waals surface area contributed by atoms with Crippen molar-refractivity contribution in [3.63, 3.8) is 0 Å². The molecule has 0 aliphatic rings. The molecule has 0 unspecified atom stereocenters. The summed E-state index contributed by atoms with van der Waals surface area (Å²) in [6.45, 7) is 3.42. The van der Waals surface area contributed by atoms with Crippen molar-refractivity contribution in [2.75, 3.05) is 17.1 Å². The van der Waals surface area contributed by atoms with Crippen LogP contribution in [-0.2, 0) is 14.8 Å². The number of para-hydroxylation sites is 1. The number of anilines is 1. The molecule has 7 heteroatoms. The lowest BCUT2D eigenvalue weighted by Crippen LogP contribution is -2.39. The van der Waals surface area contributed by atoms with E-state index in [0.717, 1.165) is 21.7 Å². The largest absolute Gasteiger partial charge is 0.271 e. The summed E-state index contributed by atoms with van der Waals surface area (Å²) in [6, 6.07) is 16.2. The summed E-state index contributed by atoms with van der Waals surface area (Å²) in [5, 5.41) is 4.05. The van der Waals surface area contributed by atoms with Gasteiger partial charge in [-0.1, -0.05) is 48.0 Å². The Morgan fingerprint density at radius 3 is 2.24 bits per heavy atom. The van der Waals surface area contributed by atoms with E-state index >= 15 is 0 Å². The Hall–Kier alpha value is -2.67. The molecular weight excluding hydrogens is 338 g/mol. The van der Waals surface area contributed by atoms with Gasteiger partial charge in [-0.3, -0.25) is 9.10 Å². The number of sulfonamides is 1. The number of rotatable bonds is 6. The molecule has 0 saturated carbocycles. The van der Waals surface area contributed by atoms with E-state index < -0.39 is 15.9 Å². The Kier molecular flexibility index (Phi) is 5.93. The van der Waals surface area contributed by atoms with Crippen molar-refractivity contribution in [3.05, 3.63) is 65.7 Å². The Labute approximate surface area is 148 Å². The number of carbonyl (C=O) groups excluding carboxylic acids is 1. The average molecular weight is 359 g/mol. The SMILES string of the molecule is C/C(=N/NC(=O)CN(c1ccccc1)S(C)(=O)=O)c1ccc(C)cc1. The summed E-state index contributed by atoms with van der Waals surface area (Å²) in [5.74, 6) is -0.513. The van der Waals surface area contributed by atoms with E-state index in [1.807, 2.05) is 31.2 Å². The fraction of sp³-hybridized carbons (Fsp3) is 0.222. The first kappa shape index (κ1) is 18.7. The van der Waals surface area contributed by atoms with Crippen molar-refractivity contribution in [1.29, 1.82) is 0 Å². The van der Waals surface area contributed by atoms with Crippen LogP contribution in [-0.4, -0.2) is 32.8 Å². The molecule has 0 radical (unpaired) electrons. The predicted octanol–water partition coefficient (Wildman–Crippen LogP) is 2.30. The third-order valence-corrected chi connectivity index (χ3v) is 4.69. The van der Waals surface area contributed by atoms with Crippen LogP contribution in [0.3, 0.4) is 0 Å². The maximum absolute atomic E-state index is 12.1. The third-order valence-electron chi connectivity index (χ3n) is 3.55. The van der Waals surface area contributed by atoms with E-state index in [4.69, 9.17) is 0 Å². The van der Waals surface area contributed by atoms with Crippen molar-refractivity contribution in [2.24, 2.45) is 5.10 Å². The second-order valence-electron chi connectivity index (χ2n) is 5.70. The number of aryl methyl sites for hydroxylation is 1. The first-order valence-corrected chi connectivity index (χ1v) is 9.55. The van der Waals surface area contributed by atoms with Gasteiger partial charge in [-0.25, -0.2) is 13.8 Å². The molecule has 2 aromatic carbocycles. The highest BCUT2D eigenvalue weighted by Gasteiger charge is 2.20. The normalized spacial score (nSPS) is 11.9. The van der Waals surface area contributed by atoms with Crippen LogP contribution in [0.1, 0.15) is 18.1 Å². The number of hydrogen-bond acceptors (Lipinski definition) is 4. The monoisotopic (exact) mass is 359 g/mol. The molecule has 0 fully saturated rings. The Morgan fingerprint density at radius 1 is 1.08 bits per heavy atom. The molecule has 0 spiro atoms. The Balaban J connectivity index is 2.09. The van der Waals surface area contributed by atoms with E-state index in [2.05, 4.69) is 10.5 Å². The van der Waals surface area contributed by atoms with Crippen molar-refractivity contribution in [1.82, 2.24) is 5.43 Å². The number of nitrogens with zero attached hydrogens (tertiary/aromatic N) is 2. The third kappa shape index (κ3) is 5.42. The molecule has 0 atom stereocenters. The van der Waals surface area contributed by atoms with Gasteiger partial charge in [0.25, 0.3) is 5.91 Å². The van der Waals surface area contributed by atoms with Gasteiger partial charge in [0.2, 0.25) is 10.0 Å². The zero-order chi connectivity index (χ0) is 18.4. The van der Waals surface area contributed by atoms with Gasteiger partial charge in [-0.2, -0.15) is 5.10 Å². The van der Waals surface area contributed by atoms with Crippen LogP contribution < -0.4 is 9.73 Å². The average Bonchev–Trinajstić information content (AvgIpc) is 2.58. The van der Waals surface area contributed by atoms with Gasteiger partial charge in [0, 0.05) is 0 Å². The summed E-state index contributed by atoms with van der Waals surface area (Å²) in [6.07, 6.45) is 1.06. The maximum atomic E-state index is 12.1. The van der Waals surface area contributed by atoms with Gasteiger partial charge in [0.15, 0.2) is 0 Å². The zero-order valence-electron chi connectivity index (χ0n) is 14.4. The van der Waals surface area contributed by atoms with Crippen molar-refractivity contribution < 1.29 is 13.2 Å². The van der Waals surface area contributed by atoms with Gasteiger partial charge < -0.3 is 0 Å². The molecule has 25 heavy (non-hydrogen) atoms. The first-order valence-electron chi connectivity index (χ1n) is 7.70. The maximum Gasteiger partial charge on any atom is 0.260 e. The molecule has 2 rings (SSSR count).